The van der Waals surface area contributed by atoms with Gasteiger partial charge in [0.25, 0.3) is 0 Å². The Hall–Kier alpha value is -2.69. The highest BCUT2D eigenvalue weighted by Crippen LogP contribution is 2.31. The second-order valence-corrected chi connectivity index (χ2v) is 6.27. The highest BCUT2D eigenvalue weighted by molar-refractivity contribution is 5.76. The largest absolute Gasteiger partial charge is 0.494 e. The van der Waals surface area contributed by atoms with Crippen molar-refractivity contribution in [3.05, 3.63) is 53.6 Å². The molecule has 0 radical (unpaired) electrons. The van der Waals surface area contributed by atoms with Crippen LogP contribution in [0.4, 0.5) is 0 Å². The number of hydrogen-bond acceptors (Lipinski definition) is 4. The van der Waals surface area contributed by atoms with Crippen molar-refractivity contribution < 1.29 is 19.0 Å². The number of benzene rings is 2. The van der Waals surface area contributed by atoms with Crippen LogP contribution in [0, 0.1) is 0 Å². The van der Waals surface area contributed by atoms with Gasteiger partial charge in [-0.05, 0) is 42.7 Å². The fraction of sp³-hybridized carbons (Fsp3) is 0.381. The summed E-state index contributed by atoms with van der Waals surface area (Å²) < 4.78 is 16.8. The zero-order chi connectivity index (χ0) is 18.4. The summed E-state index contributed by atoms with van der Waals surface area (Å²) in [6.45, 7) is 4.26. The van der Waals surface area contributed by atoms with Crippen molar-refractivity contribution in [3.8, 4) is 17.2 Å². The molecule has 0 atom stereocenters. The molecule has 0 unspecified atom stereocenters. The molecule has 0 N–H and O–H groups in total. The number of hydrogen-bond donors (Lipinski definition) is 0. The van der Waals surface area contributed by atoms with Crippen LogP contribution in [0.3, 0.4) is 0 Å². The van der Waals surface area contributed by atoms with Gasteiger partial charge < -0.3 is 19.1 Å². The Balaban J connectivity index is 1.57. The number of ether oxygens (including phenoxy) is 3. The number of fused-ring (bicyclic) bond motifs is 1. The molecule has 26 heavy (non-hydrogen) atoms. The minimum absolute atomic E-state index is 0.103. The summed E-state index contributed by atoms with van der Waals surface area (Å²) in [6.07, 6.45) is 1.12. The Morgan fingerprint density at radius 2 is 1.88 bits per heavy atom. The van der Waals surface area contributed by atoms with Crippen molar-refractivity contribution in [2.45, 2.75) is 26.3 Å². The molecule has 1 heterocycles. The van der Waals surface area contributed by atoms with Crippen LogP contribution >= 0.6 is 0 Å². The van der Waals surface area contributed by atoms with Gasteiger partial charge in [0, 0.05) is 20.0 Å². The van der Waals surface area contributed by atoms with E-state index in [-0.39, 0.29) is 5.91 Å². The molecule has 3 rings (SSSR count). The second kappa shape index (κ2) is 8.61. The zero-order valence-electron chi connectivity index (χ0n) is 15.4. The number of para-hydroxylation sites is 1. The van der Waals surface area contributed by atoms with Crippen LogP contribution in [0.5, 0.6) is 17.2 Å². The molecule has 2 aromatic carbocycles. The Morgan fingerprint density at radius 1 is 1.12 bits per heavy atom. The lowest BCUT2D eigenvalue weighted by Crippen LogP contribution is -2.26. The summed E-state index contributed by atoms with van der Waals surface area (Å²) in [5.74, 6) is 2.48. The maximum absolute atomic E-state index is 12.5. The average molecular weight is 355 g/mol. The smallest absolute Gasteiger partial charge is 0.222 e. The minimum atomic E-state index is 0.103. The first-order chi connectivity index (χ1) is 12.7. The van der Waals surface area contributed by atoms with E-state index in [0.717, 1.165) is 28.4 Å². The number of amides is 1. The van der Waals surface area contributed by atoms with E-state index in [4.69, 9.17) is 14.2 Å². The maximum atomic E-state index is 12.5. The van der Waals surface area contributed by atoms with Gasteiger partial charge in [-0.3, -0.25) is 4.79 Å². The van der Waals surface area contributed by atoms with Crippen molar-refractivity contribution >= 4 is 5.91 Å². The Labute approximate surface area is 154 Å². The van der Waals surface area contributed by atoms with E-state index in [9.17, 15) is 4.79 Å². The normalized spacial score (nSPS) is 12.5. The highest BCUT2D eigenvalue weighted by Gasteiger charge is 2.15. The van der Waals surface area contributed by atoms with Gasteiger partial charge in [0.2, 0.25) is 5.91 Å². The number of carbonyl (C=O) groups excluding carboxylic acids is 1. The van der Waals surface area contributed by atoms with Gasteiger partial charge in [0.05, 0.1) is 6.61 Å². The molecule has 0 aliphatic carbocycles. The molecule has 138 valence electrons. The molecule has 0 saturated heterocycles. The van der Waals surface area contributed by atoms with Crippen molar-refractivity contribution in [3.63, 3.8) is 0 Å². The molecular formula is C21H25NO4. The molecule has 1 aliphatic rings. The van der Waals surface area contributed by atoms with Gasteiger partial charge in [-0.25, -0.2) is 0 Å². The van der Waals surface area contributed by atoms with E-state index >= 15 is 0 Å². The van der Waals surface area contributed by atoms with Crippen LogP contribution < -0.4 is 14.2 Å². The highest BCUT2D eigenvalue weighted by atomic mass is 16.6. The third-order valence-electron chi connectivity index (χ3n) is 4.33. The Bertz CT molecular complexity index is 759. The van der Waals surface area contributed by atoms with E-state index in [1.54, 1.807) is 4.90 Å². The van der Waals surface area contributed by atoms with Crippen LogP contribution in [0.25, 0.3) is 0 Å². The first-order valence-electron chi connectivity index (χ1n) is 9.00. The lowest BCUT2D eigenvalue weighted by atomic mass is 10.1. The van der Waals surface area contributed by atoms with Crippen molar-refractivity contribution in [1.29, 1.82) is 0 Å². The van der Waals surface area contributed by atoms with Gasteiger partial charge in [-0.15, -0.1) is 0 Å². The summed E-state index contributed by atoms with van der Waals surface area (Å²) in [4.78, 5) is 14.3. The molecule has 2 aromatic rings. The molecule has 0 bridgehead atoms. The monoisotopic (exact) mass is 355 g/mol. The van der Waals surface area contributed by atoms with Crippen LogP contribution in [-0.2, 0) is 17.8 Å². The number of carbonyl (C=O) groups is 1. The predicted molar refractivity (Wildman–Crippen MR) is 99.8 cm³/mol. The van der Waals surface area contributed by atoms with Crippen LogP contribution in [0.1, 0.15) is 24.5 Å². The number of rotatable bonds is 7. The standard InChI is InChI=1S/C21H25NO4/c1-3-24-18-7-5-4-6-17(18)9-11-21(23)22(2)15-16-8-10-19-20(14-16)26-13-12-25-19/h4-8,10,14H,3,9,11-13,15H2,1-2H3. The first-order valence-corrected chi connectivity index (χ1v) is 9.00. The summed E-state index contributed by atoms with van der Waals surface area (Å²) >= 11 is 0. The minimum Gasteiger partial charge on any atom is -0.494 e. The molecule has 5 nitrogen and oxygen atoms in total. The van der Waals surface area contributed by atoms with Gasteiger partial charge in [-0.1, -0.05) is 24.3 Å². The molecular weight excluding hydrogens is 330 g/mol. The topological polar surface area (TPSA) is 48.0 Å². The average Bonchev–Trinajstić information content (AvgIpc) is 2.67. The fourth-order valence-electron chi connectivity index (χ4n) is 2.99. The van der Waals surface area contributed by atoms with Crippen LogP contribution in [0.15, 0.2) is 42.5 Å². The molecule has 1 amide bonds. The lowest BCUT2D eigenvalue weighted by Gasteiger charge is -2.21. The van der Waals surface area contributed by atoms with Gasteiger partial charge in [0.15, 0.2) is 11.5 Å². The summed E-state index contributed by atoms with van der Waals surface area (Å²) in [5, 5.41) is 0. The summed E-state index contributed by atoms with van der Waals surface area (Å²) in [6, 6.07) is 13.7. The molecule has 0 aromatic heterocycles. The molecule has 0 spiro atoms. The number of aryl methyl sites for hydroxylation is 1. The van der Waals surface area contributed by atoms with Crippen LogP contribution in [-0.4, -0.2) is 37.7 Å². The number of nitrogens with zero attached hydrogens (tertiary/aromatic N) is 1. The maximum Gasteiger partial charge on any atom is 0.222 e. The van der Waals surface area contributed by atoms with Crippen molar-refractivity contribution in [1.82, 2.24) is 4.90 Å². The SMILES string of the molecule is CCOc1ccccc1CCC(=O)N(C)Cc1ccc2c(c1)OCCO2. The summed E-state index contributed by atoms with van der Waals surface area (Å²) in [7, 11) is 1.83. The van der Waals surface area contributed by atoms with E-state index in [0.29, 0.717) is 39.2 Å². The molecule has 0 saturated carbocycles. The van der Waals surface area contributed by atoms with Crippen LogP contribution in [0.2, 0.25) is 0 Å². The Kier molecular flexibility index (Phi) is 6.00. The third kappa shape index (κ3) is 4.48. The predicted octanol–water partition coefficient (Wildman–Crippen LogP) is 3.45. The van der Waals surface area contributed by atoms with Gasteiger partial charge in [-0.2, -0.15) is 0 Å². The third-order valence-corrected chi connectivity index (χ3v) is 4.33. The van der Waals surface area contributed by atoms with E-state index in [1.165, 1.54) is 0 Å². The van der Waals surface area contributed by atoms with Crippen molar-refractivity contribution in [2.75, 3.05) is 26.9 Å². The van der Waals surface area contributed by atoms with E-state index in [2.05, 4.69) is 0 Å². The Morgan fingerprint density at radius 3 is 2.69 bits per heavy atom. The quantitative estimate of drug-likeness (QED) is 0.763. The second-order valence-electron chi connectivity index (χ2n) is 6.27. The van der Waals surface area contributed by atoms with Crippen molar-refractivity contribution in [2.24, 2.45) is 0 Å². The molecule has 0 fully saturated rings. The van der Waals surface area contributed by atoms with E-state index in [1.807, 2.05) is 56.4 Å². The summed E-state index contributed by atoms with van der Waals surface area (Å²) in [5.41, 5.74) is 2.09. The molecule has 1 aliphatic heterocycles. The first kappa shape index (κ1) is 18.1. The molecule has 5 heteroatoms. The van der Waals surface area contributed by atoms with E-state index < -0.39 is 0 Å². The van der Waals surface area contributed by atoms with Gasteiger partial charge in [0.1, 0.15) is 19.0 Å². The fourth-order valence-corrected chi connectivity index (χ4v) is 2.99. The zero-order valence-corrected chi connectivity index (χ0v) is 15.4. The van der Waals surface area contributed by atoms with Gasteiger partial charge >= 0.3 is 0 Å². The lowest BCUT2D eigenvalue weighted by molar-refractivity contribution is -0.130.